The first kappa shape index (κ1) is 16.9. The van der Waals surface area contributed by atoms with Gasteiger partial charge in [0, 0.05) is 33.4 Å². The summed E-state index contributed by atoms with van der Waals surface area (Å²) in [7, 11) is -0.397. The van der Waals surface area contributed by atoms with E-state index in [9.17, 15) is 8.42 Å². The molecule has 0 fully saturated rings. The van der Waals surface area contributed by atoms with Crippen LogP contribution in [-0.2, 0) is 14.8 Å². The summed E-state index contributed by atoms with van der Waals surface area (Å²) in [6.07, 6.45) is 1.48. The van der Waals surface area contributed by atoms with Gasteiger partial charge in [-0.15, -0.1) is 0 Å². The molecule has 114 valence electrons. The number of ether oxygens (including phenoxy) is 1. The number of nitrogens with zero attached hydrogens (tertiary/aromatic N) is 2. The molecule has 0 bridgehead atoms. The van der Waals surface area contributed by atoms with Gasteiger partial charge in [-0.1, -0.05) is 13.8 Å². The molecular weight excluding hydrogens is 278 g/mol. The van der Waals surface area contributed by atoms with Gasteiger partial charge in [0.25, 0.3) is 10.0 Å². The highest BCUT2D eigenvalue weighted by Crippen LogP contribution is 2.22. The molecule has 0 atom stereocenters. The van der Waals surface area contributed by atoms with Crippen LogP contribution in [0.15, 0.2) is 23.4 Å². The van der Waals surface area contributed by atoms with E-state index in [0.29, 0.717) is 25.4 Å². The zero-order valence-electron chi connectivity index (χ0n) is 12.5. The predicted octanol–water partition coefficient (Wildman–Crippen LogP) is 1.42. The van der Waals surface area contributed by atoms with Gasteiger partial charge < -0.3 is 10.1 Å². The van der Waals surface area contributed by atoms with Gasteiger partial charge in [0.05, 0.1) is 12.3 Å². The Balaban J connectivity index is 3.14. The lowest BCUT2D eigenvalue weighted by Crippen LogP contribution is -2.37. The third-order valence-electron chi connectivity index (χ3n) is 2.74. The molecule has 0 aromatic carbocycles. The van der Waals surface area contributed by atoms with Crippen molar-refractivity contribution in [1.82, 2.24) is 9.29 Å². The molecule has 0 spiro atoms. The van der Waals surface area contributed by atoms with Crippen LogP contribution in [0.2, 0.25) is 0 Å². The van der Waals surface area contributed by atoms with Crippen molar-refractivity contribution < 1.29 is 13.2 Å². The SMILES string of the molecule is CNc1cccnc1S(=O)(=O)N(CCOC)CC(C)C. The smallest absolute Gasteiger partial charge is 0.262 e. The largest absolute Gasteiger partial charge is 0.386 e. The van der Waals surface area contributed by atoms with E-state index in [1.165, 1.54) is 10.5 Å². The van der Waals surface area contributed by atoms with Crippen LogP contribution >= 0.6 is 0 Å². The maximum absolute atomic E-state index is 12.7. The summed E-state index contributed by atoms with van der Waals surface area (Å²) in [4.78, 5) is 4.02. The van der Waals surface area contributed by atoms with Gasteiger partial charge >= 0.3 is 0 Å². The standard InChI is InChI=1S/C13H23N3O3S/c1-11(2)10-16(8-9-19-4)20(17,18)13-12(14-3)6-5-7-15-13/h5-7,11,14H,8-10H2,1-4H3. The molecule has 0 aliphatic rings. The average Bonchev–Trinajstić information content (AvgIpc) is 2.42. The number of rotatable bonds is 8. The number of methoxy groups -OCH3 is 1. The van der Waals surface area contributed by atoms with Crippen molar-refractivity contribution in [2.75, 3.05) is 39.2 Å². The van der Waals surface area contributed by atoms with Gasteiger partial charge in [-0.2, -0.15) is 4.31 Å². The Kier molecular flexibility index (Phi) is 6.38. The zero-order chi connectivity index (χ0) is 15.2. The predicted molar refractivity (Wildman–Crippen MR) is 79.3 cm³/mol. The summed E-state index contributed by atoms with van der Waals surface area (Å²) < 4.78 is 31.9. The first-order chi connectivity index (χ1) is 9.43. The highest BCUT2D eigenvalue weighted by atomic mass is 32.2. The van der Waals surface area contributed by atoms with E-state index < -0.39 is 10.0 Å². The van der Waals surface area contributed by atoms with Crippen LogP contribution in [0.25, 0.3) is 0 Å². The molecule has 0 saturated carbocycles. The lowest BCUT2D eigenvalue weighted by molar-refractivity contribution is 0.175. The Morgan fingerprint density at radius 2 is 2.15 bits per heavy atom. The van der Waals surface area contributed by atoms with Crippen molar-refractivity contribution >= 4 is 15.7 Å². The lowest BCUT2D eigenvalue weighted by Gasteiger charge is -2.24. The first-order valence-corrected chi connectivity index (χ1v) is 7.99. The summed E-state index contributed by atoms with van der Waals surface area (Å²) in [5.41, 5.74) is 0.499. The average molecular weight is 301 g/mol. The minimum atomic E-state index is -3.63. The van der Waals surface area contributed by atoms with Gasteiger partial charge in [0.2, 0.25) is 0 Å². The van der Waals surface area contributed by atoms with E-state index >= 15 is 0 Å². The molecule has 0 unspecified atom stereocenters. The fourth-order valence-electron chi connectivity index (χ4n) is 1.82. The quantitative estimate of drug-likeness (QED) is 0.786. The third-order valence-corrected chi connectivity index (χ3v) is 4.56. The van der Waals surface area contributed by atoms with Crippen LogP contribution < -0.4 is 5.32 Å². The van der Waals surface area contributed by atoms with Crippen LogP contribution in [-0.4, -0.2) is 51.6 Å². The summed E-state index contributed by atoms with van der Waals surface area (Å²) in [5.74, 6) is 0.225. The zero-order valence-corrected chi connectivity index (χ0v) is 13.3. The maximum Gasteiger partial charge on any atom is 0.262 e. The van der Waals surface area contributed by atoms with Crippen LogP contribution in [0.4, 0.5) is 5.69 Å². The molecule has 6 nitrogen and oxygen atoms in total. The Morgan fingerprint density at radius 3 is 2.70 bits per heavy atom. The molecule has 20 heavy (non-hydrogen) atoms. The molecule has 1 N–H and O–H groups in total. The molecule has 0 aliphatic heterocycles. The molecule has 0 amide bonds. The fourth-order valence-corrected chi connectivity index (χ4v) is 3.51. The summed E-state index contributed by atoms with van der Waals surface area (Å²) in [5, 5.41) is 2.92. The molecule has 1 aromatic rings. The van der Waals surface area contributed by atoms with Crippen molar-refractivity contribution in [1.29, 1.82) is 0 Å². The topological polar surface area (TPSA) is 71.5 Å². The molecule has 1 aromatic heterocycles. The minimum absolute atomic E-state index is 0.0549. The molecular formula is C13H23N3O3S. The van der Waals surface area contributed by atoms with E-state index in [2.05, 4.69) is 10.3 Å². The molecule has 1 heterocycles. The van der Waals surface area contributed by atoms with E-state index in [0.717, 1.165) is 0 Å². The van der Waals surface area contributed by atoms with E-state index in [-0.39, 0.29) is 10.9 Å². The summed E-state index contributed by atoms with van der Waals surface area (Å²) in [6, 6.07) is 3.40. The number of hydrogen-bond donors (Lipinski definition) is 1. The monoisotopic (exact) mass is 301 g/mol. The first-order valence-electron chi connectivity index (χ1n) is 6.55. The minimum Gasteiger partial charge on any atom is -0.386 e. The highest BCUT2D eigenvalue weighted by molar-refractivity contribution is 7.89. The van der Waals surface area contributed by atoms with E-state index in [1.54, 1.807) is 26.3 Å². The van der Waals surface area contributed by atoms with Gasteiger partial charge in [-0.05, 0) is 18.1 Å². The van der Waals surface area contributed by atoms with Crippen LogP contribution in [0.1, 0.15) is 13.8 Å². The second-order valence-electron chi connectivity index (χ2n) is 4.86. The van der Waals surface area contributed by atoms with Crippen molar-refractivity contribution in [2.24, 2.45) is 5.92 Å². The number of anilines is 1. The number of pyridine rings is 1. The molecule has 0 saturated heterocycles. The Bertz CT molecular complexity index is 517. The van der Waals surface area contributed by atoms with Crippen molar-refractivity contribution in [3.63, 3.8) is 0 Å². The van der Waals surface area contributed by atoms with Crippen LogP contribution in [0.5, 0.6) is 0 Å². The normalized spacial score (nSPS) is 12.1. The number of nitrogens with one attached hydrogen (secondary N) is 1. The molecule has 0 radical (unpaired) electrons. The second kappa shape index (κ2) is 7.56. The van der Waals surface area contributed by atoms with Crippen LogP contribution in [0.3, 0.4) is 0 Å². The van der Waals surface area contributed by atoms with Gasteiger partial charge in [0.15, 0.2) is 5.03 Å². The molecule has 7 heteroatoms. The Morgan fingerprint density at radius 1 is 1.45 bits per heavy atom. The Hall–Kier alpha value is -1.18. The van der Waals surface area contributed by atoms with Gasteiger partial charge in [-0.25, -0.2) is 13.4 Å². The lowest BCUT2D eigenvalue weighted by atomic mass is 10.2. The fraction of sp³-hybridized carbons (Fsp3) is 0.615. The molecule has 1 rings (SSSR count). The maximum atomic E-state index is 12.7. The number of hydrogen-bond acceptors (Lipinski definition) is 5. The van der Waals surface area contributed by atoms with Gasteiger partial charge in [-0.3, -0.25) is 0 Å². The van der Waals surface area contributed by atoms with Crippen molar-refractivity contribution in [2.45, 2.75) is 18.9 Å². The number of sulfonamides is 1. The van der Waals surface area contributed by atoms with Crippen LogP contribution in [0, 0.1) is 5.92 Å². The number of aromatic nitrogens is 1. The van der Waals surface area contributed by atoms with E-state index in [1.807, 2.05) is 13.8 Å². The van der Waals surface area contributed by atoms with Gasteiger partial charge in [0.1, 0.15) is 0 Å². The summed E-state index contributed by atoms with van der Waals surface area (Å²) in [6.45, 7) is 5.06. The Labute approximate surface area is 121 Å². The van der Waals surface area contributed by atoms with E-state index in [4.69, 9.17) is 4.74 Å². The highest BCUT2D eigenvalue weighted by Gasteiger charge is 2.28. The third kappa shape index (κ3) is 4.16. The summed E-state index contributed by atoms with van der Waals surface area (Å²) >= 11 is 0. The van der Waals surface area contributed by atoms with Crippen molar-refractivity contribution in [3.8, 4) is 0 Å². The van der Waals surface area contributed by atoms with Crippen molar-refractivity contribution in [3.05, 3.63) is 18.3 Å². The molecule has 0 aliphatic carbocycles. The second-order valence-corrected chi connectivity index (χ2v) is 6.71.